The third kappa shape index (κ3) is 2.79. The zero-order valence-corrected chi connectivity index (χ0v) is 19.4. The normalized spacial score (nSPS) is 23.3. The van der Waals surface area contributed by atoms with Gasteiger partial charge in [0.2, 0.25) is 5.91 Å². The summed E-state index contributed by atoms with van der Waals surface area (Å²) in [6.45, 7) is 0.765. The number of carbonyl (C=O) groups is 1. The standard InChI is InChI=1S/C25H23N3O5S/c1-32-20-4-2-3-5-21(20)34(30,31)27-23-18-12-25(8-9-25)19-7-6-15(11-17(19)22(18)33-26-23)28-13-14-10-16(14)24(28)29/h2-7,11,14,16H,8-10,12-13H2,1H3,(H,26,27)/t14-,16-/m1/s1. The molecule has 8 nitrogen and oxygen atoms in total. The molecule has 3 fully saturated rings. The van der Waals surface area contributed by atoms with Crippen molar-refractivity contribution in [1.29, 1.82) is 0 Å². The highest BCUT2D eigenvalue weighted by molar-refractivity contribution is 7.92. The summed E-state index contributed by atoms with van der Waals surface area (Å²) in [6.07, 6.45) is 3.71. The molecule has 1 aliphatic heterocycles. The Kier molecular flexibility index (Phi) is 3.91. The number of rotatable bonds is 5. The number of fused-ring (bicyclic) bond motifs is 5. The second kappa shape index (κ2) is 6.63. The zero-order valence-electron chi connectivity index (χ0n) is 18.6. The Balaban J connectivity index is 1.28. The number of ether oxygens (including phenoxy) is 1. The van der Waals surface area contributed by atoms with Gasteiger partial charge in [0.25, 0.3) is 10.0 Å². The molecule has 2 atom stereocenters. The van der Waals surface area contributed by atoms with E-state index in [0.717, 1.165) is 42.6 Å². The van der Waals surface area contributed by atoms with Gasteiger partial charge in [-0.3, -0.25) is 9.52 Å². The molecular weight excluding hydrogens is 454 g/mol. The summed E-state index contributed by atoms with van der Waals surface area (Å²) in [6, 6.07) is 12.6. The number of aromatic nitrogens is 1. The molecule has 4 aliphatic rings. The maximum absolute atomic E-state index is 13.2. The largest absolute Gasteiger partial charge is 0.495 e. The molecule has 7 rings (SSSR count). The maximum atomic E-state index is 13.2. The molecule has 34 heavy (non-hydrogen) atoms. The lowest BCUT2D eigenvalue weighted by Gasteiger charge is -2.27. The lowest BCUT2D eigenvalue weighted by atomic mass is 9.79. The molecule has 2 heterocycles. The quantitative estimate of drug-likeness (QED) is 0.601. The van der Waals surface area contributed by atoms with Gasteiger partial charge >= 0.3 is 0 Å². The lowest BCUT2D eigenvalue weighted by molar-refractivity contribution is -0.118. The van der Waals surface area contributed by atoms with Crippen molar-refractivity contribution in [2.24, 2.45) is 11.8 Å². The van der Waals surface area contributed by atoms with Crippen LogP contribution in [0.3, 0.4) is 0 Å². The SMILES string of the molecule is COc1ccccc1S(=O)(=O)Nc1noc2c1CC1(CC1)c1ccc(N3C[C@H]4C[C@H]4C3=O)cc1-2. The van der Waals surface area contributed by atoms with Crippen LogP contribution in [0.5, 0.6) is 5.75 Å². The fourth-order valence-corrected chi connectivity index (χ4v) is 6.88. The smallest absolute Gasteiger partial charge is 0.266 e. The van der Waals surface area contributed by atoms with Gasteiger partial charge in [-0.1, -0.05) is 23.4 Å². The number of para-hydroxylation sites is 1. The molecule has 0 radical (unpaired) electrons. The van der Waals surface area contributed by atoms with Gasteiger partial charge in [-0.05, 0) is 61.4 Å². The van der Waals surface area contributed by atoms with Crippen LogP contribution in [0.1, 0.15) is 30.4 Å². The van der Waals surface area contributed by atoms with Crippen molar-refractivity contribution in [3.8, 4) is 17.1 Å². The molecule has 9 heteroatoms. The molecular formula is C25H23N3O5S. The van der Waals surface area contributed by atoms with Gasteiger partial charge in [0.15, 0.2) is 11.6 Å². The van der Waals surface area contributed by atoms with Gasteiger partial charge in [-0.15, -0.1) is 0 Å². The number of hydrogen-bond donors (Lipinski definition) is 1. The van der Waals surface area contributed by atoms with Crippen LogP contribution in [0, 0.1) is 11.8 Å². The Labute approximate surface area is 196 Å². The second-order valence-corrected chi connectivity index (χ2v) is 11.5. The van der Waals surface area contributed by atoms with E-state index in [4.69, 9.17) is 9.26 Å². The van der Waals surface area contributed by atoms with Crippen molar-refractivity contribution in [2.45, 2.75) is 36.0 Å². The highest BCUT2D eigenvalue weighted by Crippen LogP contribution is 2.59. The van der Waals surface area contributed by atoms with E-state index in [9.17, 15) is 13.2 Å². The van der Waals surface area contributed by atoms with E-state index in [1.807, 2.05) is 17.0 Å². The summed E-state index contributed by atoms with van der Waals surface area (Å²) in [5.41, 5.74) is 3.69. The number of nitrogens with zero attached hydrogens (tertiary/aromatic N) is 2. The number of nitrogens with one attached hydrogen (secondary N) is 1. The second-order valence-electron chi connectivity index (χ2n) is 9.83. The number of hydrogen-bond acceptors (Lipinski definition) is 6. The van der Waals surface area contributed by atoms with Crippen LogP contribution >= 0.6 is 0 Å². The maximum Gasteiger partial charge on any atom is 0.266 e. The monoisotopic (exact) mass is 477 g/mol. The number of anilines is 2. The Morgan fingerprint density at radius 1 is 1.21 bits per heavy atom. The summed E-state index contributed by atoms with van der Waals surface area (Å²) in [5.74, 6) is 1.91. The van der Waals surface area contributed by atoms with Gasteiger partial charge in [-0.2, -0.15) is 0 Å². The Morgan fingerprint density at radius 2 is 2.03 bits per heavy atom. The third-order valence-corrected chi connectivity index (χ3v) is 9.18. The number of methoxy groups -OCH3 is 1. The number of carbonyl (C=O) groups excluding carboxylic acids is 1. The van der Waals surface area contributed by atoms with Gasteiger partial charge in [0.05, 0.1) is 7.11 Å². The molecule has 0 unspecified atom stereocenters. The van der Waals surface area contributed by atoms with Crippen molar-refractivity contribution in [1.82, 2.24) is 5.16 Å². The van der Waals surface area contributed by atoms with Gasteiger partial charge < -0.3 is 14.2 Å². The molecule has 3 aromatic rings. The van der Waals surface area contributed by atoms with Crippen molar-refractivity contribution < 1.29 is 22.5 Å². The highest BCUT2D eigenvalue weighted by Gasteiger charge is 2.54. The van der Waals surface area contributed by atoms with Gasteiger partial charge in [0, 0.05) is 34.7 Å². The molecule has 1 spiro atoms. The Hall–Kier alpha value is -3.33. The van der Waals surface area contributed by atoms with Crippen molar-refractivity contribution in [3.63, 3.8) is 0 Å². The predicted molar refractivity (Wildman–Crippen MR) is 124 cm³/mol. The van der Waals surface area contributed by atoms with E-state index in [1.165, 1.54) is 18.7 Å². The van der Waals surface area contributed by atoms with Crippen LogP contribution in [0.15, 0.2) is 51.9 Å². The van der Waals surface area contributed by atoms with E-state index < -0.39 is 10.0 Å². The molecule has 3 aliphatic carbocycles. The fraction of sp³-hybridized carbons (Fsp3) is 0.360. The van der Waals surface area contributed by atoms with Crippen LogP contribution in [-0.2, 0) is 26.7 Å². The summed E-state index contributed by atoms with van der Waals surface area (Å²) in [5, 5.41) is 4.13. The minimum Gasteiger partial charge on any atom is -0.495 e. The number of sulfonamides is 1. The summed E-state index contributed by atoms with van der Waals surface area (Å²) in [4.78, 5) is 14.6. The first-order valence-corrected chi connectivity index (χ1v) is 13.0. The molecule has 1 amide bonds. The first-order chi connectivity index (χ1) is 16.4. The van der Waals surface area contributed by atoms with Crippen LogP contribution in [0.2, 0.25) is 0 Å². The first-order valence-electron chi connectivity index (χ1n) is 11.5. The van der Waals surface area contributed by atoms with Crippen LogP contribution < -0.4 is 14.4 Å². The Bertz CT molecular complexity index is 1470. The topological polar surface area (TPSA) is 102 Å². The minimum absolute atomic E-state index is 0.0335. The molecule has 1 saturated heterocycles. The van der Waals surface area contributed by atoms with Crippen molar-refractivity contribution in [2.75, 3.05) is 23.3 Å². The van der Waals surface area contributed by atoms with Crippen LogP contribution in [0.25, 0.3) is 11.3 Å². The predicted octanol–water partition coefficient (Wildman–Crippen LogP) is 3.72. The van der Waals surface area contributed by atoms with E-state index in [1.54, 1.807) is 18.2 Å². The zero-order chi connectivity index (χ0) is 23.2. The van der Waals surface area contributed by atoms with E-state index in [-0.39, 0.29) is 33.7 Å². The lowest BCUT2D eigenvalue weighted by Crippen LogP contribution is -2.28. The molecule has 174 valence electrons. The molecule has 1 aromatic heterocycles. The average molecular weight is 478 g/mol. The van der Waals surface area contributed by atoms with E-state index in [0.29, 0.717) is 18.1 Å². The Morgan fingerprint density at radius 3 is 2.76 bits per heavy atom. The molecule has 2 saturated carbocycles. The number of benzene rings is 2. The number of piperidine rings is 1. The highest BCUT2D eigenvalue weighted by atomic mass is 32.2. The van der Waals surface area contributed by atoms with Crippen LogP contribution in [0.4, 0.5) is 11.5 Å². The van der Waals surface area contributed by atoms with E-state index >= 15 is 0 Å². The van der Waals surface area contributed by atoms with Crippen molar-refractivity contribution in [3.05, 3.63) is 53.6 Å². The van der Waals surface area contributed by atoms with Crippen LogP contribution in [-0.4, -0.2) is 33.1 Å². The molecule has 1 N–H and O–H groups in total. The van der Waals surface area contributed by atoms with Gasteiger partial charge in [0.1, 0.15) is 10.6 Å². The summed E-state index contributed by atoms with van der Waals surface area (Å²) < 4.78 is 39.9. The van der Waals surface area contributed by atoms with Crippen molar-refractivity contribution >= 4 is 27.4 Å². The summed E-state index contributed by atoms with van der Waals surface area (Å²) in [7, 11) is -2.50. The molecule has 2 aromatic carbocycles. The minimum atomic E-state index is -3.93. The average Bonchev–Trinajstić information content (AvgIpc) is 3.73. The summed E-state index contributed by atoms with van der Waals surface area (Å²) >= 11 is 0. The first kappa shape index (κ1) is 20.1. The fourth-order valence-electron chi connectivity index (χ4n) is 5.68. The number of amides is 1. The third-order valence-electron chi connectivity index (χ3n) is 7.80. The van der Waals surface area contributed by atoms with Gasteiger partial charge in [-0.25, -0.2) is 8.42 Å². The molecule has 0 bridgehead atoms. The van der Waals surface area contributed by atoms with E-state index in [2.05, 4.69) is 15.9 Å².